The maximum Gasteiger partial charge on any atom is 0.0119 e. The molecule has 0 aromatic rings. The zero-order valence-corrected chi connectivity index (χ0v) is 11.7. The molecule has 1 aliphatic rings. The number of hydrogen-bond acceptors (Lipinski definition) is 2. The summed E-state index contributed by atoms with van der Waals surface area (Å²) in [5, 5.41) is 0. The average molecular weight is 226 g/mol. The first-order chi connectivity index (χ1) is 7.67. The minimum atomic E-state index is 0.848. The Labute approximate surface area is 102 Å². The van der Waals surface area contributed by atoms with Crippen molar-refractivity contribution in [3.8, 4) is 0 Å². The van der Waals surface area contributed by atoms with Gasteiger partial charge in [-0.25, -0.2) is 0 Å². The molecule has 0 amide bonds. The van der Waals surface area contributed by atoms with E-state index in [1.165, 1.54) is 52.0 Å². The molecule has 0 aromatic carbocycles. The summed E-state index contributed by atoms with van der Waals surface area (Å²) in [5.74, 6) is 0.848. The van der Waals surface area contributed by atoms with E-state index in [1.807, 2.05) is 0 Å². The smallest absolute Gasteiger partial charge is 0.0119 e. The first kappa shape index (κ1) is 14.0. The van der Waals surface area contributed by atoms with Crippen molar-refractivity contribution in [1.82, 2.24) is 9.80 Å². The van der Waals surface area contributed by atoms with Gasteiger partial charge < -0.3 is 9.80 Å². The first-order valence-corrected chi connectivity index (χ1v) is 7.13. The molecule has 96 valence electrons. The Kier molecular flexibility index (Phi) is 6.37. The lowest BCUT2D eigenvalue weighted by Gasteiger charge is -2.37. The highest BCUT2D eigenvalue weighted by Gasteiger charge is 2.22. The Morgan fingerprint density at radius 1 is 1.12 bits per heavy atom. The molecular weight excluding hydrogens is 196 g/mol. The summed E-state index contributed by atoms with van der Waals surface area (Å²) in [7, 11) is 0. The molecule has 1 aliphatic heterocycles. The number of likely N-dealkylation sites (tertiary alicyclic amines) is 1. The van der Waals surface area contributed by atoms with Crippen molar-refractivity contribution in [3.63, 3.8) is 0 Å². The largest absolute Gasteiger partial charge is 0.303 e. The van der Waals surface area contributed by atoms with Crippen molar-refractivity contribution < 1.29 is 0 Å². The van der Waals surface area contributed by atoms with E-state index in [2.05, 4.69) is 37.5 Å². The number of nitrogens with zero attached hydrogens (tertiary/aromatic N) is 2. The number of hydrogen-bond donors (Lipinski definition) is 0. The van der Waals surface area contributed by atoms with Crippen molar-refractivity contribution in [1.29, 1.82) is 0 Å². The lowest BCUT2D eigenvalue weighted by atomic mass is 10.0. The molecule has 0 aromatic heterocycles. The molecule has 0 unspecified atom stereocenters. The molecular formula is C14H30N2. The van der Waals surface area contributed by atoms with Crippen LogP contribution in [0.2, 0.25) is 0 Å². The number of rotatable bonds is 6. The van der Waals surface area contributed by atoms with Crippen LogP contribution < -0.4 is 0 Å². The molecule has 0 bridgehead atoms. The zero-order valence-electron chi connectivity index (χ0n) is 11.7. The Balaban J connectivity index is 2.22. The lowest BCUT2D eigenvalue weighted by Crippen LogP contribution is -2.45. The van der Waals surface area contributed by atoms with Crippen LogP contribution in [0.4, 0.5) is 0 Å². The maximum atomic E-state index is 2.65. The lowest BCUT2D eigenvalue weighted by molar-refractivity contribution is 0.113. The standard InChI is InChI=1S/C14H30N2/c1-5-16(6-2)14-8-11-15(12-9-14)10-7-13(3)4/h13-14H,5-12H2,1-4H3. The van der Waals surface area contributed by atoms with Gasteiger partial charge in [-0.2, -0.15) is 0 Å². The minimum Gasteiger partial charge on any atom is -0.303 e. The summed E-state index contributed by atoms with van der Waals surface area (Å²) in [6.45, 7) is 15.6. The van der Waals surface area contributed by atoms with E-state index in [0.717, 1.165) is 12.0 Å². The molecule has 0 spiro atoms. The van der Waals surface area contributed by atoms with Crippen LogP contribution in [-0.4, -0.2) is 48.6 Å². The van der Waals surface area contributed by atoms with E-state index < -0.39 is 0 Å². The average Bonchev–Trinajstić information content (AvgIpc) is 2.29. The van der Waals surface area contributed by atoms with Gasteiger partial charge in [-0.3, -0.25) is 0 Å². The Bertz CT molecular complexity index is 168. The van der Waals surface area contributed by atoms with Gasteiger partial charge in [0, 0.05) is 6.04 Å². The minimum absolute atomic E-state index is 0.848. The number of piperidine rings is 1. The normalized spacial score (nSPS) is 19.9. The molecule has 16 heavy (non-hydrogen) atoms. The second-order valence-corrected chi connectivity index (χ2v) is 5.48. The fourth-order valence-electron chi connectivity index (χ4n) is 2.69. The van der Waals surface area contributed by atoms with Crippen molar-refractivity contribution in [3.05, 3.63) is 0 Å². The van der Waals surface area contributed by atoms with Gasteiger partial charge in [-0.15, -0.1) is 0 Å². The van der Waals surface area contributed by atoms with Crippen LogP contribution in [0.5, 0.6) is 0 Å². The molecule has 1 saturated heterocycles. The third-order valence-corrected chi connectivity index (χ3v) is 3.91. The predicted octanol–water partition coefficient (Wildman–Crippen LogP) is 2.84. The quantitative estimate of drug-likeness (QED) is 0.687. The van der Waals surface area contributed by atoms with Crippen molar-refractivity contribution in [2.75, 3.05) is 32.7 Å². The van der Waals surface area contributed by atoms with E-state index in [1.54, 1.807) is 0 Å². The van der Waals surface area contributed by atoms with Gasteiger partial charge in [0.25, 0.3) is 0 Å². The summed E-state index contributed by atoms with van der Waals surface area (Å²) in [6, 6.07) is 0.852. The summed E-state index contributed by atoms with van der Waals surface area (Å²) >= 11 is 0. The molecule has 1 rings (SSSR count). The molecule has 0 saturated carbocycles. The van der Waals surface area contributed by atoms with Crippen LogP contribution >= 0.6 is 0 Å². The molecule has 1 heterocycles. The topological polar surface area (TPSA) is 6.48 Å². The molecule has 1 fully saturated rings. The van der Waals surface area contributed by atoms with Crippen LogP contribution in [0.3, 0.4) is 0 Å². The third kappa shape index (κ3) is 4.42. The van der Waals surface area contributed by atoms with Crippen molar-refractivity contribution >= 4 is 0 Å². The molecule has 2 nitrogen and oxygen atoms in total. The summed E-state index contributed by atoms with van der Waals surface area (Å²) in [4.78, 5) is 5.28. The summed E-state index contributed by atoms with van der Waals surface area (Å²) in [6.07, 6.45) is 4.11. The molecule has 2 heteroatoms. The second kappa shape index (κ2) is 7.29. The first-order valence-electron chi connectivity index (χ1n) is 7.13. The maximum absolute atomic E-state index is 2.65. The van der Waals surface area contributed by atoms with Gasteiger partial charge in [-0.05, 0) is 57.9 Å². The van der Waals surface area contributed by atoms with Gasteiger partial charge in [0.1, 0.15) is 0 Å². The Morgan fingerprint density at radius 2 is 1.69 bits per heavy atom. The van der Waals surface area contributed by atoms with Gasteiger partial charge in [0.05, 0.1) is 0 Å². The van der Waals surface area contributed by atoms with E-state index in [0.29, 0.717) is 0 Å². The van der Waals surface area contributed by atoms with Crippen LogP contribution in [0, 0.1) is 5.92 Å². The highest BCUT2D eigenvalue weighted by Crippen LogP contribution is 2.17. The van der Waals surface area contributed by atoms with Crippen LogP contribution in [0.25, 0.3) is 0 Å². The van der Waals surface area contributed by atoms with Gasteiger partial charge in [0.2, 0.25) is 0 Å². The van der Waals surface area contributed by atoms with Crippen LogP contribution in [-0.2, 0) is 0 Å². The van der Waals surface area contributed by atoms with Gasteiger partial charge in [0.15, 0.2) is 0 Å². The second-order valence-electron chi connectivity index (χ2n) is 5.48. The van der Waals surface area contributed by atoms with Crippen LogP contribution in [0.15, 0.2) is 0 Å². The highest BCUT2D eigenvalue weighted by atomic mass is 15.2. The van der Waals surface area contributed by atoms with E-state index in [4.69, 9.17) is 0 Å². The monoisotopic (exact) mass is 226 g/mol. The fraction of sp³-hybridized carbons (Fsp3) is 1.00. The fourth-order valence-corrected chi connectivity index (χ4v) is 2.69. The van der Waals surface area contributed by atoms with Crippen molar-refractivity contribution in [2.45, 2.75) is 53.0 Å². The zero-order chi connectivity index (χ0) is 12.0. The highest BCUT2D eigenvalue weighted by molar-refractivity contribution is 4.78. The Morgan fingerprint density at radius 3 is 2.12 bits per heavy atom. The Hall–Kier alpha value is -0.0800. The molecule has 0 N–H and O–H groups in total. The SMILES string of the molecule is CCN(CC)C1CCN(CCC(C)C)CC1. The summed E-state index contributed by atoms with van der Waals surface area (Å²) < 4.78 is 0. The van der Waals surface area contributed by atoms with Crippen LogP contribution in [0.1, 0.15) is 47.0 Å². The molecule has 0 aliphatic carbocycles. The van der Waals surface area contributed by atoms with Gasteiger partial charge in [-0.1, -0.05) is 27.7 Å². The summed E-state index contributed by atoms with van der Waals surface area (Å²) in [5.41, 5.74) is 0. The van der Waals surface area contributed by atoms with Gasteiger partial charge >= 0.3 is 0 Å². The van der Waals surface area contributed by atoms with E-state index >= 15 is 0 Å². The van der Waals surface area contributed by atoms with E-state index in [-0.39, 0.29) is 0 Å². The molecule has 0 radical (unpaired) electrons. The van der Waals surface area contributed by atoms with Crippen molar-refractivity contribution in [2.24, 2.45) is 5.92 Å². The van der Waals surface area contributed by atoms with E-state index in [9.17, 15) is 0 Å². The molecule has 0 atom stereocenters. The third-order valence-electron chi connectivity index (χ3n) is 3.91. The predicted molar refractivity (Wildman–Crippen MR) is 71.8 cm³/mol.